The Morgan fingerprint density at radius 3 is 2.72 bits per heavy atom. The Kier molecular flexibility index (Phi) is 4.17. The average Bonchev–Trinajstić information content (AvgIpc) is 2.71. The molecular formula is C13H13Cl2NO2. The van der Waals surface area contributed by atoms with Crippen molar-refractivity contribution in [1.82, 2.24) is 0 Å². The molecule has 0 saturated carbocycles. The lowest BCUT2D eigenvalue weighted by atomic mass is 10.2. The second-order valence-electron chi connectivity index (χ2n) is 3.86. The van der Waals surface area contributed by atoms with Crippen LogP contribution in [0.4, 0.5) is 0 Å². The number of furan rings is 1. The Balaban J connectivity index is 2.08. The zero-order valence-corrected chi connectivity index (χ0v) is 11.4. The van der Waals surface area contributed by atoms with Gasteiger partial charge in [0.1, 0.15) is 23.9 Å². The van der Waals surface area contributed by atoms with Crippen molar-refractivity contribution in [2.24, 2.45) is 5.73 Å². The van der Waals surface area contributed by atoms with E-state index in [0.29, 0.717) is 34.7 Å². The van der Waals surface area contributed by atoms with E-state index >= 15 is 0 Å². The first-order chi connectivity index (χ1) is 8.60. The van der Waals surface area contributed by atoms with E-state index in [-0.39, 0.29) is 0 Å². The third-order valence-corrected chi connectivity index (χ3v) is 3.10. The smallest absolute Gasteiger partial charge is 0.146 e. The first-order valence-corrected chi connectivity index (χ1v) is 6.22. The van der Waals surface area contributed by atoms with Gasteiger partial charge in [-0.2, -0.15) is 0 Å². The van der Waals surface area contributed by atoms with E-state index in [0.717, 1.165) is 11.3 Å². The molecule has 96 valence electrons. The Morgan fingerprint density at radius 2 is 2.06 bits per heavy atom. The van der Waals surface area contributed by atoms with Gasteiger partial charge in [-0.3, -0.25) is 0 Å². The molecule has 0 aliphatic carbocycles. The standard InChI is InChI=1S/C13H13Cl2NO2/c1-8-9(6-16)4-11(18-8)7-17-13-5-10(14)2-3-12(13)15/h2-5H,6-7,16H2,1H3. The van der Waals surface area contributed by atoms with Crippen LogP contribution in [0.25, 0.3) is 0 Å². The summed E-state index contributed by atoms with van der Waals surface area (Å²) >= 11 is 11.9. The molecule has 1 aromatic carbocycles. The molecule has 0 unspecified atom stereocenters. The highest BCUT2D eigenvalue weighted by Gasteiger charge is 2.08. The number of ether oxygens (including phenoxy) is 1. The molecule has 3 nitrogen and oxygen atoms in total. The molecule has 18 heavy (non-hydrogen) atoms. The lowest BCUT2D eigenvalue weighted by Crippen LogP contribution is -1.96. The Morgan fingerprint density at radius 1 is 1.28 bits per heavy atom. The molecular weight excluding hydrogens is 273 g/mol. The maximum absolute atomic E-state index is 5.99. The van der Waals surface area contributed by atoms with Crippen molar-refractivity contribution in [3.05, 3.63) is 51.4 Å². The molecule has 1 heterocycles. The fraction of sp³-hybridized carbons (Fsp3) is 0.231. The number of benzene rings is 1. The second-order valence-corrected chi connectivity index (χ2v) is 4.71. The number of hydrogen-bond acceptors (Lipinski definition) is 3. The minimum Gasteiger partial charge on any atom is -0.484 e. The van der Waals surface area contributed by atoms with Crippen molar-refractivity contribution < 1.29 is 9.15 Å². The molecule has 2 N–H and O–H groups in total. The number of hydrogen-bond donors (Lipinski definition) is 1. The summed E-state index contributed by atoms with van der Waals surface area (Å²) in [6.45, 7) is 2.62. The fourth-order valence-corrected chi connectivity index (χ4v) is 1.93. The third kappa shape index (κ3) is 2.99. The monoisotopic (exact) mass is 285 g/mol. The van der Waals surface area contributed by atoms with Gasteiger partial charge in [-0.05, 0) is 25.1 Å². The molecule has 0 bridgehead atoms. The first kappa shape index (κ1) is 13.3. The van der Waals surface area contributed by atoms with Crippen LogP contribution in [0.1, 0.15) is 17.1 Å². The molecule has 0 aliphatic rings. The quantitative estimate of drug-likeness (QED) is 0.926. The van der Waals surface area contributed by atoms with Gasteiger partial charge >= 0.3 is 0 Å². The summed E-state index contributed by atoms with van der Waals surface area (Å²) in [5.74, 6) is 2.06. The predicted octanol–water partition coefficient (Wildman–Crippen LogP) is 3.93. The van der Waals surface area contributed by atoms with Crippen molar-refractivity contribution in [1.29, 1.82) is 0 Å². The van der Waals surface area contributed by atoms with E-state index < -0.39 is 0 Å². The topological polar surface area (TPSA) is 48.4 Å². The van der Waals surface area contributed by atoms with Gasteiger partial charge in [0, 0.05) is 23.2 Å². The SMILES string of the molecule is Cc1oc(COc2cc(Cl)ccc2Cl)cc1CN. The molecule has 0 amide bonds. The predicted molar refractivity (Wildman–Crippen MR) is 72.1 cm³/mol. The largest absolute Gasteiger partial charge is 0.484 e. The number of aryl methyl sites for hydroxylation is 1. The van der Waals surface area contributed by atoms with Crippen LogP contribution in [0.3, 0.4) is 0 Å². The Labute approximate surface area is 115 Å². The number of nitrogens with two attached hydrogens (primary N) is 1. The average molecular weight is 286 g/mol. The van der Waals surface area contributed by atoms with E-state index in [1.807, 2.05) is 13.0 Å². The van der Waals surface area contributed by atoms with Crippen LogP contribution in [-0.2, 0) is 13.2 Å². The molecule has 0 saturated heterocycles. The maximum Gasteiger partial charge on any atom is 0.146 e. The number of rotatable bonds is 4. The van der Waals surface area contributed by atoms with Crippen molar-refractivity contribution >= 4 is 23.2 Å². The molecule has 1 aromatic heterocycles. The van der Waals surface area contributed by atoms with E-state index in [4.69, 9.17) is 38.1 Å². The fourth-order valence-electron chi connectivity index (χ4n) is 1.60. The molecule has 0 aliphatic heterocycles. The lowest BCUT2D eigenvalue weighted by Gasteiger charge is -2.06. The highest BCUT2D eigenvalue weighted by molar-refractivity contribution is 6.34. The summed E-state index contributed by atoms with van der Waals surface area (Å²) in [6.07, 6.45) is 0. The molecule has 5 heteroatoms. The van der Waals surface area contributed by atoms with Gasteiger partial charge in [0.05, 0.1) is 5.02 Å². The summed E-state index contributed by atoms with van der Waals surface area (Å²) in [6, 6.07) is 6.95. The highest BCUT2D eigenvalue weighted by atomic mass is 35.5. The van der Waals surface area contributed by atoms with Crippen LogP contribution >= 0.6 is 23.2 Å². The van der Waals surface area contributed by atoms with E-state index in [9.17, 15) is 0 Å². The minimum atomic E-state index is 0.293. The van der Waals surface area contributed by atoms with E-state index in [1.165, 1.54) is 0 Å². The van der Waals surface area contributed by atoms with Gasteiger partial charge in [0.2, 0.25) is 0 Å². The molecule has 0 fully saturated rings. The van der Waals surface area contributed by atoms with Crippen molar-refractivity contribution in [3.63, 3.8) is 0 Å². The zero-order valence-electron chi connectivity index (χ0n) is 9.87. The summed E-state index contributed by atoms with van der Waals surface area (Å²) < 4.78 is 11.1. The first-order valence-electron chi connectivity index (χ1n) is 5.46. The minimum absolute atomic E-state index is 0.293. The normalized spacial score (nSPS) is 10.7. The van der Waals surface area contributed by atoms with E-state index in [2.05, 4.69) is 0 Å². The van der Waals surface area contributed by atoms with Gasteiger partial charge < -0.3 is 14.9 Å². The van der Waals surface area contributed by atoms with Crippen molar-refractivity contribution in [3.8, 4) is 5.75 Å². The lowest BCUT2D eigenvalue weighted by molar-refractivity contribution is 0.268. The van der Waals surface area contributed by atoms with Crippen LogP contribution in [0.15, 0.2) is 28.7 Å². The molecule has 2 aromatic rings. The van der Waals surface area contributed by atoms with E-state index in [1.54, 1.807) is 18.2 Å². The Hall–Kier alpha value is -1.16. The molecule has 0 atom stereocenters. The summed E-state index contributed by atoms with van der Waals surface area (Å²) in [7, 11) is 0. The zero-order chi connectivity index (χ0) is 13.1. The summed E-state index contributed by atoms with van der Waals surface area (Å²) in [5, 5.41) is 1.09. The van der Waals surface area contributed by atoms with Gasteiger partial charge in [0.15, 0.2) is 0 Å². The summed E-state index contributed by atoms with van der Waals surface area (Å²) in [4.78, 5) is 0. The van der Waals surface area contributed by atoms with Gasteiger partial charge in [-0.1, -0.05) is 23.2 Å². The van der Waals surface area contributed by atoms with Crippen LogP contribution in [0.5, 0.6) is 5.75 Å². The summed E-state index contributed by atoms with van der Waals surface area (Å²) in [5.41, 5.74) is 6.55. The van der Waals surface area contributed by atoms with Gasteiger partial charge in [-0.15, -0.1) is 0 Å². The van der Waals surface area contributed by atoms with Crippen LogP contribution in [0, 0.1) is 6.92 Å². The van der Waals surface area contributed by atoms with Gasteiger partial charge in [-0.25, -0.2) is 0 Å². The van der Waals surface area contributed by atoms with Crippen molar-refractivity contribution in [2.75, 3.05) is 0 Å². The van der Waals surface area contributed by atoms with Crippen molar-refractivity contribution in [2.45, 2.75) is 20.1 Å². The Bertz CT molecular complexity index is 552. The maximum atomic E-state index is 5.99. The van der Waals surface area contributed by atoms with Crippen LogP contribution in [-0.4, -0.2) is 0 Å². The molecule has 2 rings (SSSR count). The third-order valence-electron chi connectivity index (χ3n) is 2.55. The van der Waals surface area contributed by atoms with Crippen LogP contribution < -0.4 is 10.5 Å². The molecule has 0 radical (unpaired) electrons. The van der Waals surface area contributed by atoms with Crippen LogP contribution in [0.2, 0.25) is 10.0 Å². The highest BCUT2D eigenvalue weighted by Crippen LogP contribution is 2.28. The van der Waals surface area contributed by atoms with Gasteiger partial charge in [0.25, 0.3) is 0 Å². The number of halogens is 2. The molecule has 0 spiro atoms. The second kappa shape index (κ2) is 5.65.